The number of hydrogen-bond acceptors (Lipinski definition) is 4. The molecule has 1 N–H and O–H groups in total. The lowest BCUT2D eigenvalue weighted by molar-refractivity contribution is 0.250. The number of hydrogen-bond donors (Lipinski definition) is 1. The number of pyridine rings is 1. The van der Waals surface area contributed by atoms with Crippen LogP contribution in [0.4, 0.5) is 0 Å². The first kappa shape index (κ1) is 14.2. The van der Waals surface area contributed by atoms with Gasteiger partial charge in [-0.25, -0.2) is 9.97 Å². The molecule has 0 spiro atoms. The van der Waals surface area contributed by atoms with Crippen LogP contribution in [0.2, 0.25) is 0 Å². The van der Waals surface area contributed by atoms with Crippen molar-refractivity contribution >= 4 is 11.2 Å². The number of piperidine rings is 1. The number of benzene rings is 1. The van der Waals surface area contributed by atoms with E-state index in [0.29, 0.717) is 5.92 Å². The Bertz CT molecular complexity index is 834. The molecule has 118 valence electrons. The Hall–Kier alpha value is -2.40. The lowest BCUT2D eigenvalue weighted by Crippen LogP contribution is -2.30. The molecule has 3 heterocycles. The van der Waals surface area contributed by atoms with Crippen LogP contribution in [0, 0.1) is 0 Å². The second kappa shape index (κ2) is 5.66. The molecule has 0 atom stereocenters. The predicted molar refractivity (Wildman–Crippen MR) is 90.0 cm³/mol. The topological polar surface area (TPSA) is 54.2 Å². The van der Waals surface area contributed by atoms with E-state index in [4.69, 9.17) is 4.98 Å². The van der Waals surface area contributed by atoms with Gasteiger partial charge in [0.05, 0.1) is 5.69 Å². The maximum absolute atomic E-state index is 10.3. The van der Waals surface area contributed by atoms with Crippen LogP contribution in [-0.2, 0) is 0 Å². The third-order valence-electron chi connectivity index (χ3n) is 4.65. The van der Waals surface area contributed by atoms with Crippen LogP contribution in [0.1, 0.15) is 24.6 Å². The zero-order chi connectivity index (χ0) is 15.8. The Morgan fingerprint density at radius 1 is 1.09 bits per heavy atom. The molecule has 5 nitrogen and oxygen atoms in total. The lowest BCUT2D eigenvalue weighted by atomic mass is 9.96. The number of imidazole rings is 1. The molecule has 0 bridgehead atoms. The molecule has 1 fully saturated rings. The molecule has 0 saturated carbocycles. The number of phenols is 1. The highest BCUT2D eigenvalue weighted by atomic mass is 16.3. The number of rotatable bonds is 2. The highest BCUT2D eigenvalue weighted by Crippen LogP contribution is 2.33. The molecule has 2 aromatic heterocycles. The van der Waals surface area contributed by atoms with Crippen LogP contribution >= 0.6 is 0 Å². The Labute approximate surface area is 135 Å². The maximum atomic E-state index is 10.3. The molecular formula is C18H20N4O. The number of aromatic nitrogens is 3. The van der Waals surface area contributed by atoms with E-state index >= 15 is 0 Å². The molecule has 0 amide bonds. The summed E-state index contributed by atoms with van der Waals surface area (Å²) in [5.41, 5.74) is 2.44. The molecule has 1 saturated heterocycles. The number of phenolic OH excluding ortho intramolecular Hbond substituents is 1. The van der Waals surface area contributed by atoms with Gasteiger partial charge in [0.15, 0.2) is 5.65 Å². The van der Waals surface area contributed by atoms with Gasteiger partial charge in [0.2, 0.25) is 0 Å². The zero-order valence-electron chi connectivity index (χ0n) is 13.2. The average molecular weight is 308 g/mol. The second-order valence-corrected chi connectivity index (χ2v) is 6.22. The second-order valence-electron chi connectivity index (χ2n) is 6.22. The molecule has 1 aliphatic heterocycles. The van der Waals surface area contributed by atoms with Crippen molar-refractivity contribution in [3.05, 3.63) is 48.4 Å². The fourth-order valence-electron chi connectivity index (χ4n) is 3.36. The minimum atomic E-state index is 0.256. The quantitative estimate of drug-likeness (QED) is 0.791. The van der Waals surface area contributed by atoms with Crippen molar-refractivity contribution in [2.75, 3.05) is 20.1 Å². The van der Waals surface area contributed by atoms with Gasteiger partial charge < -0.3 is 10.0 Å². The summed E-state index contributed by atoms with van der Waals surface area (Å²) < 4.78 is 2.03. The van der Waals surface area contributed by atoms with Crippen LogP contribution in [0.25, 0.3) is 16.9 Å². The number of fused-ring (bicyclic) bond motifs is 1. The minimum absolute atomic E-state index is 0.256. The molecule has 5 heteroatoms. The van der Waals surface area contributed by atoms with Crippen LogP contribution in [-0.4, -0.2) is 44.7 Å². The Balaban J connectivity index is 1.90. The summed E-state index contributed by atoms with van der Waals surface area (Å²) in [5.74, 6) is 1.65. The van der Waals surface area contributed by atoms with Crippen molar-refractivity contribution in [2.45, 2.75) is 18.8 Å². The van der Waals surface area contributed by atoms with Crippen molar-refractivity contribution in [3.63, 3.8) is 0 Å². The number of aromatic hydroxyl groups is 1. The van der Waals surface area contributed by atoms with Crippen molar-refractivity contribution in [1.82, 2.24) is 19.4 Å². The summed E-state index contributed by atoms with van der Waals surface area (Å²) in [4.78, 5) is 11.7. The highest BCUT2D eigenvalue weighted by Gasteiger charge is 2.26. The average Bonchev–Trinajstić information content (AvgIpc) is 2.95. The van der Waals surface area contributed by atoms with E-state index < -0.39 is 0 Å². The third-order valence-corrected chi connectivity index (χ3v) is 4.65. The molecule has 1 aromatic carbocycles. The zero-order valence-corrected chi connectivity index (χ0v) is 13.2. The predicted octanol–water partition coefficient (Wildman–Crippen LogP) is 2.94. The maximum Gasteiger partial charge on any atom is 0.164 e. The normalized spacial score (nSPS) is 16.9. The third kappa shape index (κ3) is 2.47. The molecule has 0 unspecified atom stereocenters. The summed E-state index contributed by atoms with van der Waals surface area (Å²) in [6.45, 7) is 2.14. The summed E-state index contributed by atoms with van der Waals surface area (Å²) in [7, 11) is 2.16. The van der Waals surface area contributed by atoms with Gasteiger partial charge in [0.25, 0.3) is 0 Å². The van der Waals surface area contributed by atoms with E-state index in [1.54, 1.807) is 12.3 Å². The van der Waals surface area contributed by atoms with Gasteiger partial charge in [-0.3, -0.25) is 4.57 Å². The van der Waals surface area contributed by atoms with E-state index in [0.717, 1.165) is 48.6 Å². The first-order valence-electron chi connectivity index (χ1n) is 8.04. The highest BCUT2D eigenvalue weighted by molar-refractivity contribution is 5.75. The fourth-order valence-corrected chi connectivity index (χ4v) is 3.36. The smallest absolute Gasteiger partial charge is 0.164 e. The van der Waals surface area contributed by atoms with E-state index in [2.05, 4.69) is 16.9 Å². The van der Waals surface area contributed by atoms with Gasteiger partial charge in [0.1, 0.15) is 17.1 Å². The van der Waals surface area contributed by atoms with Crippen molar-refractivity contribution in [3.8, 4) is 11.4 Å². The number of nitrogens with zero attached hydrogens (tertiary/aromatic N) is 4. The molecular weight excluding hydrogens is 288 g/mol. The molecule has 3 aromatic rings. The summed E-state index contributed by atoms with van der Waals surface area (Å²) >= 11 is 0. The van der Waals surface area contributed by atoms with Gasteiger partial charge in [0, 0.05) is 12.1 Å². The van der Waals surface area contributed by atoms with E-state index in [1.165, 1.54) is 0 Å². The van der Waals surface area contributed by atoms with Crippen LogP contribution in [0.5, 0.6) is 5.75 Å². The lowest BCUT2D eigenvalue weighted by Gasteiger charge is -2.28. The fraction of sp³-hybridized carbons (Fsp3) is 0.333. The Morgan fingerprint density at radius 3 is 2.65 bits per heavy atom. The summed E-state index contributed by atoms with van der Waals surface area (Å²) in [6.07, 6.45) is 3.93. The van der Waals surface area contributed by atoms with E-state index in [1.807, 2.05) is 34.9 Å². The van der Waals surface area contributed by atoms with Crippen LogP contribution in [0.15, 0.2) is 42.6 Å². The molecule has 0 aliphatic carbocycles. The standard InChI is InChI=1S/C18H20N4O/c1-21-11-8-13(9-12-21)17-20-14-5-4-10-19-18(14)22(17)15-6-2-3-7-16(15)23/h2-7,10,13,23H,8-9,11-12H2,1H3. The largest absolute Gasteiger partial charge is 0.506 e. The van der Waals surface area contributed by atoms with Gasteiger partial charge in [-0.05, 0) is 57.2 Å². The Kier molecular flexibility index (Phi) is 3.50. The van der Waals surface area contributed by atoms with Crippen molar-refractivity contribution in [2.24, 2.45) is 0 Å². The first-order chi connectivity index (χ1) is 11.2. The van der Waals surface area contributed by atoms with Gasteiger partial charge in [-0.2, -0.15) is 0 Å². The molecule has 4 rings (SSSR count). The first-order valence-corrected chi connectivity index (χ1v) is 8.04. The number of likely N-dealkylation sites (tertiary alicyclic amines) is 1. The van der Waals surface area contributed by atoms with Crippen molar-refractivity contribution in [1.29, 1.82) is 0 Å². The van der Waals surface area contributed by atoms with Gasteiger partial charge in [-0.1, -0.05) is 12.1 Å². The number of para-hydroxylation sites is 2. The minimum Gasteiger partial charge on any atom is -0.506 e. The van der Waals surface area contributed by atoms with E-state index in [9.17, 15) is 5.11 Å². The van der Waals surface area contributed by atoms with E-state index in [-0.39, 0.29) is 5.75 Å². The van der Waals surface area contributed by atoms with Crippen molar-refractivity contribution < 1.29 is 5.11 Å². The van der Waals surface area contributed by atoms with Gasteiger partial charge >= 0.3 is 0 Å². The molecule has 0 radical (unpaired) electrons. The molecule has 23 heavy (non-hydrogen) atoms. The van der Waals surface area contributed by atoms with Gasteiger partial charge in [-0.15, -0.1) is 0 Å². The monoisotopic (exact) mass is 308 g/mol. The molecule has 1 aliphatic rings. The van der Waals surface area contributed by atoms with Crippen LogP contribution in [0.3, 0.4) is 0 Å². The van der Waals surface area contributed by atoms with Crippen LogP contribution < -0.4 is 0 Å². The Morgan fingerprint density at radius 2 is 1.87 bits per heavy atom. The summed E-state index contributed by atoms with van der Waals surface area (Å²) in [6, 6.07) is 11.3. The summed E-state index contributed by atoms with van der Waals surface area (Å²) in [5, 5.41) is 10.3. The SMILES string of the molecule is CN1CCC(c2nc3cccnc3n2-c2ccccc2O)CC1.